The van der Waals surface area contributed by atoms with E-state index in [0.29, 0.717) is 47.2 Å². The molecule has 1 aliphatic heterocycles. The van der Waals surface area contributed by atoms with E-state index in [4.69, 9.17) is 14.2 Å². The first-order chi connectivity index (χ1) is 25.8. The van der Waals surface area contributed by atoms with E-state index in [9.17, 15) is 39.1 Å². The van der Waals surface area contributed by atoms with Crippen LogP contribution in [-0.2, 0) is 24.3 Å². The standard InChI is InChI=1S/C37H32N5O11P/c43-25-8-11-28-31(17-25)53-32-18-26(44)9-12-29(32)34(28)30-16-23(6-10-27(30)36(47)48)35(46)38-14-1-15-42-20-24(40-41-42)7-13-33(45)39-19-21-2-4-22(5-3-21)37(49)54(50,51)52/h2-6,8-12,16-18,20,43H,1,7,13-15,19H2,(H,38,46)(H,39,45)(H,47,48)(H2,50,51,52). The van der Waals surface area contributed by atoms with Crippen molar-refractivity contribution in [3.05, 3.63) is 123 Å². The number of carbonyl (C=O) groups is 4. The van der Waals surface area contributed by atoms with Gasteiger partial charge in [-0.3, -0.25) is 19.1 Å². The number of carbonyl (C=O) groups excluding carboxylic acids is 3. The summed E-state index contributed by atoms with van der Waals surface area (Å²) in [4.78, 5) is 90.9. The van der Waals surface area contributed by atoms with Gasteiger partial charge in [-0.2, -0.15) is 0 Å². The van der Waals surface area contributed by atoms with Crippen molar-refractivity contribution in [2.45, 2.75) is 32.4 Å². The number of hydrogen-bond acceptors (Lipinski definition) is 12. The maximum Gasteiger partial charge on any atom is 0.352 e. The predicted molar refractivity (Wildman–Crippen MR) is 192 cm³/mol. The molecule has 6 rings (SSSR count). The maximum atomic E-state index is 13.2. The average molecular weight is 754 g/mol. The Bertz CT molecular complexity index is 2420. The number of aryl methyl sites for hydroxylation is 2. The molecule has 6 N–H and O–H groups in total. The number of amides is 2. The van der Waals surface area contributed by atoms with Gasteiger partial charge >= 0.3 is 19.4 Å². The van der Waals surface area contributed by atoms with Crippen LogP contribution >= 0.6 is 7.94 Å². The molecule has 4 aromatic rings. The highest BCUT2D eigenvalue weighted by Crippen LogP contribution is 2.43. The van der Waals surface area contributed by atoms with Crippen LogP contribution in [0.15, 0.2) is 94.3 Å². The molecule has 2 aliphatic rings. The Balaban J connectivity index is 1.04. The molecule has 3 aromatic carbocycles. The van der Waals surface area contributed by atoms with Gasteiger partial charge in [0.1, 0.15) is 17.1 Å². The van der Waals surface area contributed by atoms with E-state index in [-0.39, 0.29) is 70.2 Å². The number of fused-ring (bicyclic) bond motifs is 2. The van der Waals surface area contributed by atoms with Crippen molar-refractivity contribution in [3.8, 4) is 28.2 Å². The molecule has 2 heterocycles. The number of carboxylic acids is 1. The van der Waals surface area contributed by atoms with Crippen molar-refractivity contribution in [2.24, 2.45) is 0 Å². The third-order valence-corrected chi connectivity index (χ3v) is 9.24. The lowest BCUT2D eigenvalue weighted by molar-refractivity contribution is -0.203. The van der Waals surface area contributed by atoms with E-state index in [2.05, 4.69) is 20.9 Å². The third kappa shape index (κ3) is 8.65. The van der Waals surface area contributed by atoms with Crippen LogP contribution < -0.4 is 21.0 Å². The number of aromatic nitrogens is 3. The summed E-state index contributed by atoms with van der Waals surface area (Å²) in [6.07, 6.45) is 2.60. The number of aromatic carboxylic acids is 1. The van der Waals surface area contributed by atoms with Crippen molar-refractivity contribution in [1.29, 1.82) is 0 Å². The largest absolute Gasteiger partial charge is 0.625 e. The van der Waals surface area contributed by atoms with Gasteiger partial charge in [0.05, 0.1) is 16.8 Å². The van der Waals surface area contributed by atoms with E-state index in [1.807, 2.05) is 0 Å². The van der Waals surface area contributed by atoms with Crippen LogP contribution in [0, 0.1) is 0 Å². The Morgan fingerprint density at radius 3 is 2.39 bits per heavy atom. The summed E-state index contributed by atoms with van der Waals surface area (Å²) >= 11 is 0. The number of carboxylic acid groups (broad SMARTS) is 1. The minimum absolute atomic E-state index is 0.0780. The summed E-state index contributed by atoms with van der Waals surface area (Å²) in [5.74, 6) is -1.84. The average Bonchev–Trinajstić information content (AvgIpc) is 3.60. The molecule has 276 valence electrons. The number of rotatable bonds is 14. The minimum Gasteiger partial charge on any atom is -0.625 e. The summed E-state index contributed by atoms with van der Waals surface area (Å²) in [7, 11) is -4.88. The van der Waals surface area contributed by atoms with E-state index in [0.717, 1.165) is 0 Å². The lowest BCUT2D eigenvalue weighted by Gasteiger charge is -2.17. The normalized spacial score (nSPS) is 11.5. The van der Waals surface area contributed by atoms with Crippen LogP contribution in [0.25, 0.3) is 33.4 Å². The summed E-state index contributed by atoms with van der Waals surface area (Å²) in [6, 6.07) is 18.3. The minimum atomic E-state index is -4.88. The molecule has 1 aromatic heterocycles. The second kappa shape index (κ2) is 15.7. The summed E-state index contributed by atoms with van der Waals surface area (Å²) in [6.45, 7) is 0.809. The van der Waals surface area contributed by atoms with Gasteiger partial charge < -0.3 is 30.2 Å². The Morgan fingerprint density at radius 2 is 1.65 bits per heavy atom. The first kappa shape index (κ1) is 37.4. The highest BCUT2D eigenvalue weighted by Gasteiger charge is 2.33. The highest BCUT2D eigenvalue weighted by atomic mass is 31.2. The molecule has 17 heteroatoms. The maximum absolute atomic E-state index is 13.2. The van der Waals surface area contributed by atoms with Crippen molar-refractivity contribution < 1.29 is 48.5 Å². The molecule has 2 amide bonds. The van der Waals surface area contributed by atoms with Crippen molar-refractivity contribution >= 4 is 42.2 Å². The zero-order chi connectivity index (χ0) is 38.6. The van der Waals surface area contributed by atoms with Gasteiger partial charge in [-0.1, -0.05) is 17.3 Å². The highest BCUT2D eigenvalue weighted by molar-refractivity contribution is 7.75. The number of aromatic hydroxyl groups is 1. The van der Waals surface area contributed by atoms with Gasteiger partial charge in [0.25, 0.3) is 5.91 Å². The van der Waals surface area contributed by atoms with Crippen LogP contribution in [0.1, 0.15) is 55.2 Å². The first-order valence-corrected chi connectivity index (χ1v) is 18.1. The Hall–Kier alpha value is -6.32. The smallest absolute Gasteiger partial charge is 0.352 e. The Kier molecular flexibility index (Phi) is 10.9. The van der Waals surface area contributed by atoms with Crippen molar-refractivity contribution in [2.75, 3.05) is 6.54 Å². The fourth-order valence-corrected chi connectivity index (χ4v) is 6.28. The SMILES string of the molecule is O=C(CCc1cn(CCCNC(=O)c2ccc(C(=O)O)c(-c3c4ccc(=O)cc-4oc4cc(O)ccc34)c2)nn1)NCc1ccc(C(=O)[P+]([O-])(O)O)cc1. The van der Waals surface area contributed by atoms with Crippen molar-refractivity contribution in [3.63, 3.8) is 0 Å². The lowest BCUT2D eigenvalue weighted by Crippen LogP contribution is -2.25. The number of phenolic OH excluding ortho intramolecular Hbond substituents is 1. The first-order valence-electron chi connectivity index (χ1n) is 16.5. The molecule has 0 unspecified atom stereocenters. The van der Waals surface area contributed by atoms with Gasteiger partial charge in [0.15, 0.2) is 5.43 Å². The summed E-state index contributed by atoms with van der Waals surface area (Å²) < 4.78 is 7.46. The number of benzene rings is 4. The number of nitrogens with zero attached hydrogens (tertiary/aromatic N) is 3. The molecule has 0 fully saturated rings. The Morgan fingerprint density at radius 1 is 0.889 bits per heavy atom. The van der Waals surface area contributed by atoms with Gasteiger partial charge in [0, 0.05) is 72.9 Å². The monoisotopic (exact) mass is 753 g/mol. The van der Waals surface area contributed by atoms with E-state index in [1.54, 1.807) is 16.9 Å². The molecule has 54 heavy (non-hydrogen) atoms. The van der Waals surface area contributed by atoms with Crippen LogP contribution in [0.4, 0.5) is 0 Å². The molecule has 0 spiro atoms. The molecule has 16 nitrogen and oxygen atoms in total. The number of phenols is 1. The number of hydrogen-bond donors (Lipinski definition) is 6. The van der Waals surface area contributed by atoms with Crippen LogP contribution in [0.3, 0.4) is 0 Å². The van der Waals surface area contributed by atoms with Crippen LogP contribution in [0.5, 0.6) is 5.75 Å². The van der Waals surface area contributed by atoms with Gasteiger partial charge in [-0.25, -0.2) is 19.4 Å². The van der Waals surface area contributed by atoms with Crippen LogP contribution in [-0.4, -0.2) is 64.8 Å². The van der Waals surface area contributed by atoms with Gasteiger partial charge in [-0.15, -0.1) is 5.10 Å². The van der Waals surface area contributed by atoms with E-state index in [1.165, 1.54) is 72.8 Å². The molecular formula is C37H32N5O11P. The molecule has 0 atom stereocenters. The summed E-state index contributed by atoms with van der Waals surface area (Å²) in [5.41, 5.74) is 0.931. The Labute approximate surface area is 306 Å². The lowest BCUT2D eigenvalue weighted by atomic mass is 9.89. The molecule has 0 saturated heterocycles. The quantitative estimate of drug-likeness (QED) is 0.0532. The fourth-order valence-electron chi connectivity index (χ4n) is 5.80. The fraction of sp³-hybridized carbons (Fsp3) is 0.162. The second-order valence-electron chi connectivity index (χ2n) is 12.3. The molecule has 0 radical (unpaired) electrons. The molecular weight excluding hydrogens is 721 g/mol. The third-order valence-electron chi connectivity index (χ3n) is 8.46. The zero-order valence-electron chi connectivity index (χ0n) is 28.3. The van der Waals surface area contributed by atoms with Gasteiger partial charge in [-0.05, 0) is 72.1 Å². The molecule has 0 saturated carbocycles. The topological polar surface area (TPSA) is 257 Å². The van der Waals surface area contributed by atoms with Crippen molar-refractivity contribution in [1.82, 2.24) is 25.6 Å². The second-order valence-corrected chi connectivity index (χ2v) is 13.8. The van der Waals surface area contributed by atoms with E-state index < -0.39 is 25.3 Å². The predicted octanol–water partition coefficient (Wildman–Crippen LogP) is 2.88. The zero-order valence-corrected chi connectivity index (χ0v) is 29.2. The van der Waals surface area contributed by atoms with E-state index >= 15 is 0 Å². The summed E-state index contributed by atoms with van der Waals surface area (Å²) in [5, 5.41) is 34.3. The number of nitrogens with one attached hydrogen (secondary N) is 2. The molecule has 0 bridgehead atoms. The van der Waals surface area contributed by atoms with Gasteiger partial charge in [0.2, 0.25) is 5.91 Å². The molecule has 1 aliphatic carbocycles. The van der Waals surface area contributed by atoms with Crippen LogP contribution in [0.2, 0.25) is 0 Å².